The van der Waals surface area contributed by atoms with Gasteiger partial charge in [-0.05, 0) is 63.1 Å². The Hall–Kier alpha value is -3.65. The molecule has 4 rings (SSSR count). The van der Waals surface area contributed by atoms with Crippen LogP contribution in [0, 0.1) is 5.92 Å². The van der Waals surface area contributed by atoms with Crippen molar-refractivity contribution in [1.29, 1.82) is 0 Å². The van der Waals surface area contributed by atoms with E-state index in [2.05, 4.69) is 80.1 Å². The fourth-order valence-electron chi connectivity index (χ4n) is 4.38. The van der Waals surface area contributed by atoms with Crippen LogP contribution in [0.1, 0.15) is 31.9 Å². The number of carboxylic acids is 1. The first-order chi connectivity index (χ1) is 16.5. The lowest BCUT2D eigenvalue weighted by molar-refractivity contribution is -0.134. The van der Waals surface area contributed by atoms with Gasteiger partial charge in [0.25, 0.3) is 0 Å². The normalized spacial score (nSPS) is 18.0. The predicted octanol–water partition coefficient (Wildman–Crippen LogP) is 3.21. The van der Waals surface area contributed by atoms with Crippen molar-refractivity contribution in [3.8, 4) is 0 Å². The van der Waals surface area contributed by atoms with E-state index in [1.54, 1.807) is 0 Å². The maximum Gasteiger partial charge on any atom is 0.330 e. The van der Waals surface area contributed by atoms with Crippen LogP contribution in [0.3, 0.4) is 0 Å². The summed E-state index contributed by atoms with van der Waals surface area (Å²) in [7, 11) is 2.15. The number of benzene rings is 1. The monoisotopic (exact) mass is 480 g/mol. The quantitative estimate of drug-likeness (QED) is 0.568. The van der Waals surface area contributed by atoms with Gasteiger partial charge in [-0.15, -0.1) is 0 Å². The molecule has 1 aliphatic carbocycles. The third kappa shape index (κ3) is 6.48. The van der Waals surface area contributed by atoms with Crippen LogP contribution in [-0.4, -0.2) is 70.4 Å². The Kier molecular flexibility index (Phi) is 9.59. The van der Waals surface area contributed by atoms with Gasteiger partial charge in [-0.1, -0.05) is 31.4 Å². The molecule has 8 heteroatoms. The molecule has 2 aromatic rings. The molecule has 1 aliphatic heterocycles. The van der Waals surface area contributed by atoms with Crippen molar-refractivity contribution in [3.05, 3.63) is 66.4 Å². The second-order valence-corrected chi connectivity index (χ2v) is 8.63. The number of hydrogen-bond donors (Lipinski definition) is 3. The van der Waals surface area contributed by atoms with Gasteiger partial charge in [0.2, 0.25) is 11.8 Å². The molecule has 8 nitrogen and oxygen atoms in total. The first-order valence-corrected chi connectivity index (χ1v) is 11.7. The number of nitrogens with zero attached hydrogens (tertiary/aromatic N) is 2. The molecule has 0 radical (unpaired) electrons. The van der Waals surface area contributed by atoms with Gasteiger partial charge in [-0.2, -0.15) is 0 Å². The number of nitrogens with one attached hydrogen (secondary N) is 1. The number of amides is 2. The highest BCUT2D eigenvalue weighted by Gasteiger charge is 2.36. The third-order valence-corrected chi connectivity index (χ3v) is 6.23. The van der Waals surface area contributed by atoms with Crippen LogP contribution >= 0.6 is 0 Å². The number of primary amides is 1. The Balaban J connectivity index is 0.000000331. The molecular formula is C27H36N4O4. The predicted molar refractivity (Wildman–Crippen MR) is 140 cm³/mol. The van der Waals surface area contributed by atoms with Crippen LogP contribution in [0.5, 0.6) is 0 Å². The number of carbonyl (C=O) groups is 3. The smallest absolute Gasteiger partial charge is 0.330 e. The fourth-order valence-corrected chi connectivity index (χ4v) is 4.38. The summed E-state index contributed by atoms with van der Waals surface area (Å²) >= 11 is 0. The van der Waals surface area contributed by atoms with E-state index in [0.29, 0.717) is 6.04 Å². The van der Waals surface area contributed by atoms with Crippen LogP contribution < -0.4 is 5.73 Å². The van der Waals surface area contributed by atoms with E-state index in [4.69, 9.17) is 5.11 Å². The van der Waals surface area contributed by atoms with E-state index in [1.165, 1.54) is 34.5 Å². The Bertz CT molecular complexity index is 1130. The van der Waals surface area contributed by atoms with Crippen molar-refractivity contribution in [2.24, 2.45) is 11.7 Å². The number of aromatic nitrogens is 1. The highest BCUT2D eigenvalue weighted by Crippen LogP contribution is 2.40. The second kappa shape index (κ2) is 12.2. The van der Waals surface area contributed by atoms with E-state index in [1.807, 2.05) is 4.90 Å². The van der Waals surface area contributed by atoms with E-state index in [9.17, 15) is 14.4 Å². The van der Waals surface area contributed by atoms with Crippen LogP contribution in [-0.2, 0) is 20.8 Å². The molecule has 4 N–H and O–H groups in total. The SMILES string of the molecule is C=C(C)C(=O)O.C=CC(N)=O.CCN(CC)C(=O)[C@@H]1C=C2c3cccc4[nH]cc(c34)C[C@H]2N(C)C1. The van der Waals surface area contributed by atoms with Crippen LogP contribution in [0.2, 0.25) is 0 Å². The van der Waals surface area contributed by atoms with Gasteiger partial charge in [-0.25, -0.2) is 4.79 Å². The standard InChI is InChI=1S/C20H25N3O.C4H6O2.C3H5NO/c1-4-23(5-2)20(24)14-9-16-15-7-6-8-17-19(15)13(11-21-17)10-18(16)22(3)12-14;1-3(2)4(5)6;1-2-3(4)5/h6-9,11,14,18,21H,4-5,10,12H2,1-3H3;1H2,2H3,(H,5,6);2H,1H2,(H2,4,5)/t14-,18-;;/m1../s1. The summed E-state index contributed by atoms with van der Waals surface area (Å²) in [6.45, 7) is 14.2. The van der Waals surface area contributed by atoms with Gasteiger partial charge < -0.3 is 20.7 Å². The molecule has 0 unspecified atom stereocenters. The van der Waals surface area contributed by atoms with Crippen molar-refractivity contribution in [2.45, 2.75) is 33.2 Å². The molecule has 0 spiro atoms. The first-order valence-electron chi connectivity index (χ1n) is 11.7. The van der Waals surface area contributed by atoms with Gasteiger partial charge in [-0.3, -0.25) is 14.5 Å². The van der Waals surface area contributed by atoms with Gasteiger partial charge in [0, 0.05) is 48.3 Å². The number of fused-ring (bicyclic) bond motifs is 2. The molecule has 2 heterocycles. The average Bonchev–Trinajstić information content (AvgIpc) is 3.25. The second-order valence-electron chi connectivity index (χ2n) is 8.63. The maximum absolute atomic E-state index is 12.9. The lowest BCUT2D eigenvalue weighted by Gasteiger charge is -2.40. The fraction of sp³-hybridized carbons (Fsp3) is 0.370. The lowest BCUT2D eigenvalue weighted by Crippen LogP contribution is -2.47. The van der Waals surface area contributed by atoms with Crippen molar-refractivity contribution in [3.63, 3.8) is 0 Å². The molecule has 0 fully saturated rings. The van der Waals surface area contributed by atoms with Gasteiger partial charge >= 0.3 is 5.97 Å². The Morgan fingerprint density at radius 2 is 1.89 bits per heavy atom. The molecule has 2 atom stereocenters. The molecule has 0 saturated heterocycles. The zero-order valence-electron chi connectivity index (χ0n) is 21.0. The van der Waals surface area contributed by atoms with Crippen molar-refractivity contribution in [1.82, 2.24) is 14.8 Å². The lowest BCUT2D eigenvalue weighted by atomic mass is 9.79. The number of hydrogen-bond acceptors (Lipinski definition) is 4. The zero-order chi connectivity index (χ0) is 26.3. The number of carbonyl (C=O) groups excluding carboxylic acids is 2. The topological polar surface area (TPSA) is 120 Å². The van der Waals surface area contributed by atoms with E-state index in [-0.39, 0.29) is 17.4 Å². The van der Waals surface area contributed by atoms with Gasteiger partial charge in [0.05, 0.1) is 5.92 Å². The summed E-state index contributed by atoms with van der Waals surface area (Å²) < 4.78 is 0. The van der Waals surface area contributed by atoms with Crippen LogP contribution in [0.4, 0.5) is 0 Å². The number of aliphatic carboxylic acids is 1. The van der Waals surface area contributed by atoms with Crippen LogP contribution in [0.15, 0.2) is 55.3 Å². The van der Waals surface area contributed by atoms with Crippen molar-refractivity contribution >= 4 is 34.3 Å². The Morgan fingerprint density at radius 3 is 2.40 bits per heavy atom. The molecule has 2 amide bonds. The highest BCUT2D eigenvalue weighted by atomic mass is 16.4. The minimum absolute atomic E-state index is 0.0445. The summed E-state index contributed by atoms with van der Waals surface area (Å²) in [5.74, 6) is -1.21. The molecule has 0 saturated carbocycles. The molecule has 1 aromatic carbocycles. The third-order valence-electron chi connectivity index (χ3n) is 6.23. The average molecular weight is 481 g/mol. The van der Waals surface area contributed by atoms with E-state index >= 15 is 0 Å². The number of carboxylic acid groups (broad SMARTS) is 1. The molecular weight excluding hydrogens is 444 g/mol. The molecule has 188 valence electrons. The maximum atomic E-state index is 12.9. The zero-order valence-corrected chi connectivity index (χ0v) is 21.0. The number of rotatable bonds is 5. The molecule has 1 aromatic heterocycles. The summed E-state index contributed by atoms with van der Waals surface area (Å²) in [6.07, 6.45) is 6.47. The minimum Gasteiger partial charge on any atom is -0.478 e. The number of aromatic amines is 1. The van der Waals surface area contributed by atoms with Crippen molar-refractivity contribution in [2.75, 3.05) is 26.7 Å². The highest BCUT2D eigenvalue weighted by molar-refractivity contribution is 5.99. The number of likely N-dealkylation sites (N-methyl/N-ethyl adjacent to an activating group) is 1. The molecule has 0 bridgehead atoms. The first kappa shape index (κ1) is 27.6. The number of H-pyrrole nitrogens is 1. The van der Waals surface area contributed by atoms with E-state index in [0.717, 1.165) is 32.1 Å². The summed E-state index contributed by atoms with van der Waals surface area (Å²) in [6, 6.07) is 6.82. The largest absolute Gasteiger partial charge is 0.478 e. The summed E-state index contributed by atoms with van der Waals surface area (Å²) in [5, 5.41) is 9.23. The molecule has 35 heavy (non-hydrogen) atoms. The Labute approximate surface area is 206 Å². The molecule has 2 aliphatic rings. The minimum atomic E-state index is -0.935. The van der Waals surface area contributed by atoms with Crippen molar-refractivity contribution < 1.29 is 19.5 Å². The summed E-state index contributed by atoms with van der Waals surface area (Å²) in [5.41, 5.74) is 9.92. The number of nitrogens with two attached hydrogens (primary N) is 1. The van der Waals surface area contributed by atoms with E-state index < -0.39 is 11.9 Å². The Morgan fingerprint density at radius 1 is 1.29 bits per heavy atom. The summed E-state index contributed by atoms with van der Waals surface area (Å²) in [4.78, 5) is 39.6. The van der Waals surface area contributed by atoms with Crippen LogP contribution in [0.25, 0.3) is 16.5 Å². The van der Waals surface area contributed by atoms with Gasteiger partial charge in [0.1, 0.15) is 0 Å². The van der Waals surface area contributed by atoms with Gasteiger partial charge in [0.15, 0.2) is 0 Å².